The Hall–Kier alpha value is -0.670. The van der Waals surface area contributed by atoms with Crippen molar-refractivity contribution in [1.82, 2.24) is 0 Å². The van der Waals surface area contributed by atoms with E-state index in [-0.39, 0.29) is 0 Å². The smallest absolute Gasteiger partial charge is 0.0423 e. The van der Waals surface area contributed by atoms with E-state index in [1.807, 2.05) is 0 Å². The second-order valence-corrected chi connectivity index (χ2v) is 6.39. The van der Waals surface area contributed by atoms with Crippen LogP contribution in [0.4, 0.5) is 5.69 Å². The summed E-state index contributed by atoms with van der Waals surface area (Å²) in [5, 5.41) is 0. The molecule has 0 atom stereocenters. The van der Waals surface area contributed by atoms with Crippen LogP contribution >= 0.6 is 11.8 Å². The van der Waals surface area contributed by atoms with Crippen LogP contribution in [0.3, 0.4) is 0 Å². The van der Waals surface area contributed by atoms with Crippen molar-refractivity contribution in [2.24, 2.45) is 11.1 Å². The van der Waals surface area contributed by atoms with Gasteiger partial charge < -0.3 is 10.6 Å². The van der Waals surface area contributed by atoms with Gasteiger partial charge in [-0.05, 0) is 43.1 Å². The fourth-order valence-corrected chi connectivity index (χ4v) is 3.86. The molecule has 1 heterocycles. The highest BCUT2D eigenvalue weighted by Crippen LogP contribution is 2.41. The van der Waals surface area contributed by atoms with E-state index in [1.165, 1.54) is 48.5 Å². The summed E-state index contributed by atoms with van der Waals surface area (Å²) in [6.45, 7) is 7.65. The van der Waals surface area contributed by atoms with Gasteiger partial charge in [-0.1, -0.05) is 19.9 Å². The highest BCUT2D eigenvalue weighted by Gasteiger charge is 2.35. The second-order valence-electron chi connectivity index (χ2n) is 5.54. The van der Waals surface area contributed by atoms with E-state index in [4.69, 9.17) is 5.73 Å². The van der Waals surface area contributed by atoms with Gasteiger partial charge in [0.25, 0.3) is 0 Å². The molecule has 2 nitrogen and oxygen atoms in total. The first-order valence-corrected chi connectivity index (χ1v) is 8.53. The molecule has 0 radical (unpaired) electrons. The van der Waals surface area contributed by atoms with Gasteiger partial charge in [-0.3, -0.25) is 0 Å². The van der Waals surface area contributed by atoms with E-state index in [0.717, 1.165) is 0 Å². The third-order valence-corrected chi connectivity index (χ3v) is 5.63. The Bertz CT molecular complexity index is 427. The summed E-state index contributed by atoms with van der Waals surface area (Å²) in [6.07, 6.45) is 6.00. The van der Waals surface area contributed by atoms with Crippen molar-refractivity contribution in [3.63, 3.8) is 0 Å². The maximum Gasteiger partial charge on any atom is 0.0423 e. The van der Waals surface area contributed by atoms with E-state index in [0.29, 0.717) is 12.0 Å². The van der Waals surface area contributed by atoms with Gasteiger partial charge in [0.05, 0.1) is 0 Å². The van der Waals surface area contributed by atoms with Crippen LogP contribution in [0, 0.1) is 5.41 Å². The average molecular weight is 278 g/mol. The quantitative estimate of drug-likeness (QED) is 0.829. The van der Waals surface area contributed by atoms with Gasteiger partial charge in [0, 0.05) is 35.8 Å². The molecule has 2 rings (SSSR count). The Labute approximate surface area is 121 Å². The van der Waals surface area contributed by atoms with Gasteiger partial charge in [0.15, 0.2) is 0 Å². The van der Waals surface area contributed by atoms with Crippen molar-refractivity contribution in [2.45, 2.75) is 44.6 Å². The number of nitrogens with zero attached hydrogens (tertiary/aromatic N) is 1. The van der Waals surface area contributed by atoms with E-state index in [2.05, 4.69) is 43.2 Å². The summed E-state index contributed by atoms with van der Waals surface area (Å²) >= 11 is 1.80. The molecule has 1 aromatic rings. The predicted octanol–water partition coefficient (Wildman–Crippen LogP) is 3.88. The van der Waals surface area contributed by atoms with Crippen molar-refractivity contribution >= 4 is 17.4 Å². The van der Waals surface area contributed by atoms with Crippen molar-refractivity contribution in [3.8, 4) is 0 Å². The first kappa shape index (κ1) is 14.7. The molecule has 1 aliphatic heterocycles. The van der Waals surface area contributed by atoms with Crippen LogP contribution in [0.1, 0.15) is 38.7 Å². The maximum atomic E-state index is 5.99. The van der Waals surface area contributed by atoms with Crippen LogP contribution < -0.4 is 10.6 Å². The number of hydrogen-bond donors (Lipinski definition) is 1. The fraction of sp³-hybridized carbons (Fsp3) is 0.625. The summed E-state index contributed by atoms with van der Waals surface area (Å²) in [7, 11) is 0. The topological polar surface area (TPSA) is 29.3 Å². The highest BCUT2D eigenvalue weighted by molar-refractivity contribution is 7.98. The van der Waals surface area contributed by atoms with E-state index in [9.17, 15) is 0 Å². The number of rotatable bonds is 5. The van der Waals surface area contributed by atoms with E-state index < -0.39 is 0 Å². The summed E-state index contributed by atoms with van der Waals surface area (Å²) in [6, 6.07) is 6.58. The molecule has 0 saturated carbocycles. The molecule has 1 aliphatic rings. The summed E-state index contributed by atoms with van der Waals surface area (Å²) < 4.78 is 0. The number of thioether (sulfide) groups is 1. The number of hydrogen-bond acceptors (Lipinski definition) is 3. The van der Waals surface area contributed by atoms with E-state index >= 15 is 0 Å². The number of anilines is 1. The highest BCUT2D eigenvalue weighted by atomic mass is 32.2. The molecule has 1 fully saturated rings. The molecule has 0 bridgehead atoms. The Morgan fingerprint density at radius 3 is 2.58 bits per heavy atom. The lowest BCUT2D eigenvalue weighted by molar-refractivity contribution is 0.301. The van der Waals surface area contributed by atoms with Crippen molar-refractivity contribution in [1.29, 1.82) is 0 Å². The van der Waals surface area contributed by atoms with Crippen molar-refractivity contribution in [3.05, 3.63) is 23.8 Å². The van der Waals surface area contributed by atoms with Gasteiger partial charge >= 0.3 is 0 Å². The third-order valence-electron chi connectivity index (χ3n) is 4.81. The lowest BCUT2D eigenvalue weighted by Gasteiger charge is -2.28. The van der Waals surface area contributed by atoms with Gasteiger partial charge in [-0.25, -0.2) is 0 Å². The minimum Gasteiger partial charge on any atom is -0.371 e. The molecule has 1 aromatic carbocycles. The van der Waals surface area contributed by atoms with Gasteiger partial charge in [-0.2, -0.15) is 0 Å². The minimum absolute atomic E-state index is 0.515. The van der Waals surface area contributed by atoms with Crippen LogP contribution in [0.2, 0.25) is 0 Å². The standard InChI is InChI=1S/C16H26N2S/c1-4-16(5-2)9-10-18(12-16)14-7-6-8-15(19-3)13(14)11-17/h6-8H,4-5,9-12,17H2,1-3H3. The zero-order chi connectivity index (χ0) is 13.9. The Kier molecular flexibility index (Phi) is 4.80. The first-order valence-electron chi connectivity index (χ1n) is 7.30. The zero-order valence-corrected chi connectivity index (χ0v) is 13.2. The second kappa shape index (κ2) is 6.19. The van der Waals surface area contributed by atoms with Crippen LogP contribution in [-0.4, -0.2) is 19.3 Å². The Balaban J connectivity index is 2.29. The van der Waals surface area contributed by atoms with Crippen LogP contribution in [0.5, 0.6) is 0 Å². The summed E-state index contributed by atoms with van der Waals surface area (Å²) in [4.78, 5) is 3.88. The predicted molar refractivity (Wildman–Crippen MR) is 86.0 cm³/mol. The molecule has 0 aromatic heterocycles. The van der Waals surface area contributed by atoms with Crippen LogP contribution in [0.25, 0.3) is 0 Å². The van der Waals surface area contributed by atoms with E-state index in [1.54, 1.807) is 11.8 Å². The summed E-state index contributed by atoms with van der Waals surface area (Å²) in [5.74, 6) is 0. The minimum atomic E-state index is 0.515. The normalized spacial score (nSPS) is 18.0. The van der Waals surface area contributed by atoms with Gasteiger partial charge in [0.1, 0.15) is 0 Å². The van der Waals surface area contributed by atoms with Crippen LogP contribution in [0.15, 0.2) is 23.1 Å². The molecule has 0 spiro atoms. The molecule has 106 valence electrons. The average Bonchev–Trinajstić information content (AvgIpc) is 2.91. The number of benzene rings is 1. The first-order chi connectivity index (χ1) is 9.19. The molecule has 2 N–H and O–H groups in total. The molecular formula is C16H26N2S. The fourth-order valence-electron chi connectivity index (χ4n) is 3.21. The maximum absolute atomic E-state index is 5.99. The molecule has 0 amide bonds. The van der Waals surface area contributed by atoms with Crippen molar-refractivity contribution < 1.29 is 0 Å². The third kappa shape index (κ3) is 2.77. The zero-order valence-electron chi connectivity index (χ0n) is 12.4. The summed E-state index contributed by atoms with van der Waals surface area (Å²) in [5.41, 5.74) is 9.18. The molecule has 0 aliphatic carbocycles. The lowest BCUT2D eigenvalue weighted by Crippen LogP contribution is -2.27. The van der Waals surface area contributed by atoms with Crippen LogP contribution in [-0.2, 0) is 6.54 Å². The largest absolute Gasteiger partial charge is 0.371 e. The molecule has 19 heavy (non-hydrogen) atoms. The Morgan fingerprint density at radius 2 is 2.05 bits per heavy atom. The number of nitrogens with two attached hydrogens (primary N) is 1. The van der Waals surface area contributed by atoms with Gasteiger partial charge in [-0.15, -0.1) is 11.8 Å². The Morgan fingerprint density at radius 1 is 1.32 bits per heavy atom. The monoisotopic (exact) mass is 278 g/mol. The molecule has 0 unspecified atom stereocenters. The van der Waals surface area contributed by atoms with Crippen molar-refractivity contribution in [2.75, 3.05) is 24.2 Å². The SMILES string of the molecule is CCC1(CC)CCN(c2cccc(SC)c2CN)C1. The lowest BCUT2D eigenvalue weighted by atomic mass is 9.82. The molecule has 1 saturated heterocycles. The molecule has 3 heteroatoms. The van der Waals surface area contributed by atoms with Gasteiger partial charge in [0.2, 0.25) is 0 Å². The molecular weight excluding hydrogens is 252 g/mol.